The van der Waals surface area contributed by atoms with Gasteiger partial charge in [-0.3, -0.25) is 4.98 Å². The number of nitrogens with one attached hydrogen (secondary N) is 1. The molecule has 0 bridgehead atoms. The summed E-state index contributed by atoms with van der Waals surface area (Å²) in [4.78, 5) is 14.8. The highest BCUT2D eigenvalue weighted by Gasteiger charge is 2.09. The minimum absolute atomic E-state index is 0.231. The summed E-state index contributed by atoms with van der Waals surface area (Å²) in [6, 6.07) is 3.86. The molecule has 1 atom stereocenters. The van der Waals surface area contributed by atoms with Crippen LogP contribution in [-0.2, 0) is 6.54 Å². The summed E-state index contributed by atoms with van der Waals surface area (Å²) >= 11 is 0. The highest BCUT2D eigenvalue weighted by atomic mass is 16.4. The smallest absolute Gasteiger partial charge is 0.337 e. The Morgan fingerprint density at radius 1 is 1.47 bits per heavy atom. The van der Waals surface area contributed by atoms with E-state index < -0.39 is 5.97 Å². The zero-order valence-electron chi connectivity index (χ0n) is 9.60. The van der Waals surface area contributed by atoms with Crippen LogP contribution in [0, 0.1) is 0 Å². The number of hydrogen-bond acceptors (Lipinski definition) is 3. The molecule has 1 unspecified atom stereocenters. The Morgan fingerprint density at radius 3 is 2.94 bits per heavy atom. The lowest BCUT2D eigenvalue weighted by Crippen LogP contribution is -2.29. The largest absolute Gasteiger partial charge is 0.478 e. The van der Waals surface area contributed by atoms with Gasteiger partial charge in [0.25, 0.3) is 0 Å². The topological polar surface area (TPSA) is 62.2 Å². The van der Waals surface area contributed by atoms with Gasteiger partial charge in [0.1, 0.15) is 0 Å². The fourth-order valence-electron chi connectivity index (χ4n) is 1.88. The van der Waals surface area contributed by atoms with Crippen molar-refractivity contribution in [3.63, 3.8) is 0 Å². The molecule has 0 radical (unpaired) electrons. The summed E-state index contributed by atoms with van der Waals surface area (Å²) in [6.45, 7) is 0.693. The number of rotatable bonds is 4. The van der Waals surface area contributed by atoms with Gasteiger partial charge < -0.3 is 10.4 Å². The minimum atomic E-state index is -0.936. The maximum atomic E-state index is 10.7. The van der Waals surface area contributed by atoms with Crippen LogP contribution in [0.4, 0.5) is 0 Å². The van der Waals surface area contributed by atoms with E-state index in [0.29, 0.717) is 12.6 Å². The molecule has 2 N–H and O–H groups in total. The van der Waals surface area contributed by atoms with Gasteiger partial charge in [-0.25, -0.2) is 4.79 Å². The Kier molecular flexibility index (Phi) is 3.88. The fourth-order valence-corrected chi connectivity index (χ4v) is 1.88. The lowest BCUT2D eigenvalue weighted by molar-refractivity contribution is 0.0696. The van der Waals surface area contributed by atoms with Crippen molar-refractivity contribution in [1.82, 2.24) is 10.3 Å². The molecule has 1 aromatic rings. The van der Waals surface area contributed by atoms with E-state index in [9.17, 15) is 4.79 Å². The molecule has 0 spiro atoms. The van der Waals surface area contributed by atoms with Gasteiger partial charge in [0.05, 0.1) is 11.3 Å². The van der Waals surface area contributed by atoms with E-state index in [1.807, 2.05) is 0 Å². The number of carboxylic acid groups (broad SMARTS) is 1. The number of allylic oxidation sites excluding steroid dienone is 1. The molecule has 0 aromatic carbocycles. The summed E-state index contributed by atoms with van der Waals surface area (Å²) in [5.74, 6) is -0.936. The van der Waals surface area contributed by atoms with Crippen LogP contribution in [0.15, 0.2) is 30.5 Å². The van der Waals surface area contributed by atoms with Gasteiger partial charge in [0, 0.05) is 18.8 Å². The van der Waals surface area contributed by atoms with Crippen LogP contribution in [0.2, 0.25) is 0 Å². The van der Waals surface area contributed by atoms with Gasteiger partial charge in [-0.2, -0.15) is 0 Å². The van der Waals surface area contributed by atoms with Crippen molar-refractivity contribution in [2.24, 2.45) is 0 Å². The zero-order valence-corrected chi connectivity index (χ0v) is 9.60. The monoisotopic (exact) mass is 232 g/mol. The van der Waals surface area contributed by atoms with Crippen LogP contribution in [0.3, 0.4) is 0 Å². The van der Waals surface area contributed by atoms with Crippen LogP contribution in [0.25, 0.3) is 0 Å². The highest BCUT2D eigenvalue weighted by Crippen LogP contribution is 2.11. The van der Waals surface area contributed by atoms with E-state index >= 15 is 0 Å². The highest BCUT2D eigenvalue weighted by molar-refractivity contribution is 5.87. The van der Waals surface area contributed by atoms with E-state index in [1.54, 1.807) is 12.1 Å². The second-order valence-electron chi connectivity index (χ2n) is 4.21. The zero-order chi connectivity index (χ0) is 12.1. The van der Waals surface area contributed by atoms with E-state index in [4.69, 9.17) is 5.11 Å². The molecule has 0 aliphatic heterocycles. The average Bonchev–Trinajstić information content (AvgIpc) is 2.38. The third kappa shape index (κ3) is 3.39. The standard InChI is InChI=1S/C13H16N2O2/c16-13(17)10-6-7-12(14-8-10)9-15-11-4-2-1-3-5-11/h1-2,6-8,11,15H,3-5,9H2,(H,16,17). The summed E-state index contributed by atoms with van der Waals surface area (Å²) in [5.41, 5.74) is 1.11. The first-order valence-electron chi connectivity index (χ1n) is 5.82. The summed E-state index contributed by atoms with van der Waals surface area (Å²) < 4.78 is 0. The third-order valence-electron chi connectivity index (χ3n) is 2.91. The second-order valence-corrected chi connectivity index (χ2v) is 4.21. The quantitative estimate of drug-likeness (QED) is 0.779. The molecule has 1 aliphatic rings. The molecule has 0 amide bonds. The van der Waals surface area contributed by atoms with E-state index in [-0.39, 0.29) is 5.56 Å². The van der Waals surface area contributed by atoms with Crippen molar-refractivity contribution in [3.05, 3.63) is 41.7 Å². The molecule has 4 heteroatoms. The average molecular weight is 232 g/mol. The Balaban J connectivity index is 1.86. The van der Waals surface area contributed by atoms with Gasteiger partial charge in [0.15, 0.2) is 0 Å². The van der Waals surface area contributed by atoms with E-state index in [2.05, 4.69) is 22.5 Å². The predicted molar refractivity (Wildman–Crippen MR) is 64.8 cm³/mol. The molecule has 0 saturated heterocycles. The van der Waals surface area contributed by atoms with Crippen molar-refractivity contribution >= 4 is 5.97 Å². The lowest BCUT2D eigenvalue weighted by atomic mass is 10.0. The molecule has 90 valence electrons. The number of aromatic carboxylic acids is 1. The minimum Gasteiger partial charge on any atom is -0.478 e. The van der Waals surface area contributed by atoms with Crippen molar-refractivity contribution in [2.75, 3.05) is 0 Å². The lowest BCUT2D eigenvalue weighted by Gasteiger charge is -2.19. The molecule has 1 aliphatic carbocycles. The molecular formula is C13H16N2O2. The summed E-state index contributed by atoms with van der Waals surface area (Å²) in [7, 11) is 0. The van der Waals surface area contributed by atoms with Gasteiger partial charge in [0.2, 0.25) is 0 Å². The molecule has 17 heavy (non-hydrogen) atoms. The number of pyridine rings is 1. The SMILES string of the molecule is O=C(O)c1ccc(CNC2CC=CCC2)nc1. The maximum Gasteiger partial charge on any atom is 0.337 e. The predicted octanol–water partition coefficient (Wildman–Crippen LogP) is 1.98. The van der Waals surface area contributed by atoms with Crippen molar-refractivity contribution in [2.45, 2.75) is 31.8 Å². The van der Waals surface area contributed by atoms with Crippen LogP contribution < -0.4 is 5.32 Å². The number of hydrogen-bond donors (Lipinski definition) is 2. The number of aromatic nitrogens is 1. The fraction of sp³-hybridized carbons (Fsp3) is 0.385. The molecular weight excluding hydrogens is 216 g/mol. The Hall–Kier alpha value is -1.68. The first kappa shape index (κ1) is 11.8. The van der Waals surface area contributed by atoms with Crippen LogP contribution >= 0.6 is 0 Å². The molecule has 4 nitrogen and oxygen atoms in total. The number of nitrogens with zero attached hydrogens (tertiary/aromatic N) is 1. The molecule has 1 heterocycles. The van der Waals surface area contributed by atoms with Gasteiger partial charge >= 0.3 is 5.97 Å². The van der Waals surface area contributed by atoms with Gasteiger partial charge in [-0.1, -0.05) is 12.2 Å². The second kappa shape index (κ2) is 5.59. The molecule has 1 aromatic heterocycles. The van der Waals surface area contributed by atoms with Gasteiger partial charge in [-0.15, -0.1) is 0 Å². The summed E-state index contributed by atoms with van der Waals surface area (Å²) in [6.07, 6.45) is 9.15. The Labute approximate surface area is 100 Å². The normalized spacial score (nSPS) is 19.2. The number of carboxylic acids is 1. The van der Waals surface area contributed by atoms with E-state index in [0.717, 1.165) is 25.0 Å². The van der Waals surface area contributed by atoms with Crippen molar-refractivity contribution < 1.29 is 9.90 Å². The molecule has 2 rings (SSSR count). The Bertz CT molecular complexity index is 412. The molecule has 0 saturated carbocycles. The maximum absolute atomic E-state index is 10.7. The molecule has 0 fully saturated rings. The van der Waals surface area contributed by atoms with Gasteiger partial charge in [-0.05, 0) is 31.4 Å². The first-order valence-corrected chi connectivity index (χ1v) is 5.82. The third-order valence-corrected chi connectivity index (χ3v) is 2.91. The van der Waals surface area contributed by atoms with Crippen LogP contribution in [-0.4, -0.2) is 22.1 Å². The Morgan fingerprint density at radius 2 is 2.35 bits per heavy atom. The first-order chi connectivity index (χ1) is 8.25. The van der Waals surface area contributed by atoms with E-state index in [1.165, 1.54) is 6.20 Å². The van der Waals surface area contributed by atoms with Crippen molar-refractivity contribution in [1.29, 1.82) is 0 Å². The van der Waals surface area contributed by atoms with Crippen LogP contribution in [0.1, 0.15) is 35.3 Å². The van der Waals surface area contributed by atoms with Crippen molar-refractivity contribution in [3.8, 4) is 0 Å². The number of carbonyl (C=O) groups is 1. The van der Waals surface area contributed by atoms with Crippen LogP contribution in [0.5, 0.6) is 0 Å². The summed E-state index contributed by atoms with van der Waals surface area (Å²) in [5, 5.41) is 12.2.